The number of aromatic nitrogens is 3. The highest BCUT2D eigenvalue weighted by molar-refractivity contribution is 7.49. The van der Waals surface area contributed by atoms with Gasteiger partial charge in [0.05, 0.1) is 12.7 Å². The fourth-order valence-corrected chi connectivity index (χ4v) is 4.89. The molecule has 1 aliphatic rings. The van der Waals surface area contributed by atoms with Gasteiger partial charge in [-0.1, -0.05) is 24.1 Å². The van der Waals surface area contributed by atoms with Gasteiger partial charge in [-0.2, -0.15) is 4.98 Å². The minimum atomic E-state index is -4.56. The molecule has 0 saturated carbocycles. The highest BCUT2D eigenvalue weighted by atomic mass is 35.5. The number of aliphatic hydroxyl groups is 1. The Labute approximate surface area is 221 Å². The Balaban J connectivity index is 1.86. The third kappa shape index (κ3) is 6.89. The van der Waals surface area contributed by atoms with Gasteiger partial charge in [0, 0.05) is 5.38 Å². The van der Waals surface area contributed by atoms with E-state index in [2.05, 4.69) is 10.9 Å². The zero-order valence-corrected chi connectivity index (χ0v) is 22.1. The second-order valence-electron chi connectivity index (χ2n) is 8.39. The number of H-pyrrole nitrogens is 1. The molecular weight excluding hydrogens is 547 g/mol. The molecule has 0 spiro atoms. The van der Waals surface area contributed by atoms with E-state index in [1.807, 2.05) is 10.4 Å². The smallest absolute Gasteiger partial charge is 0.461 e. The van der Waals surface area contributed by atoms with Gasteiger partial charge in [0.2, 0.25) is 0 Å². The van der Waals surface area contributed by atoms with E-state index in [-0.39, 0.29) is 5.75 Å². The fourth-order valence-electron chi connectivity index (χ4n) is 3.39. The molecular formula is C22H26ClN4O10P. The predicted molar refractivity (Wildman–Crippen MR) is 132 cm³/mol. The summed E-state index contributed by atoms with van der Waals surface area (Å²) in [6, 6.07) is 7.85. The first-order chi connectivity index (χ1) is 17.9. The molecule has 0 aliphatic carbocycles. The number of ether oxygens (including phenoxy) is 2. The molecule has 1 aliphatic heterocycles. The van der Waals surface area contributed by atoms with Crippen molar-refractivity contribution in [2.75, 3.05) is 6.61 Å². The molecule has 38 heavy (non-hydrogen) atoms. The summed E-state index contributed by atoms with van der Waals surface area (Å²) >= 11 is 5.54. The molecule has 6 atom stereocenters. The topological polar surface area (TPSA) is 194 Å². The van der Waals surface area contributed by atoms with Crippen LogP contribution in [0.5, 0.6) is 5.75 Å². The largest absolute Gasteiger partial charge is 0.530 e. The Morgan fingerprint density at radius 3 is 2.63 bits per heavy atom. The van der Waals surface area contributed by atoms with E-state index in [0.29, 0.717) is 0 Å². The van der Waals surface area contributed by atoms with Crippen LogP contribution in [0.15, 0.2) is 46.2 Å². The van der Waals surface area contributed by atoms with Crippen LogP contribution in [0.25, 0.3) is 0 Å². The van der Waals surface area contributed by atoms with E-state index < -0.39 is 68.0 Å². The highest BCUT2D eigenvalue weighted by Crippen LogP contribution is 2.51. The number of aromatic amines is 1. The minimum absolute atomic E-state index is 0.0954. The van der Waals surface area contributed by atoms with E-state index >= 15 is 0 Å². The lowest BCUT2D eigenvalue weighted by molar-refractivity contribution is -0.156. The van der Waals surface area contributed by atoms with Crippen molar-refractivity contribution in [3.63, 3.8) is 0 Å². The van der Waals surface area contributed by atoms with Gasteiger partial charge in [-0.3, -0.25) is 18.6 Å². The quantitative estimate of drug-likeness (QED) is 0.205. The molecule has 3 unspecified atom stereocenters. The van der Waals surface area contributed by atoms with Crippen molar-refractivity contribution in [1.29, 1.82) is 0 Å². The van der Waals surface area contributed by atoms with Gasteiger partial charge in [0.25, 0.3) is 0 Å². The molecule has 2 aromatic rings. The van der Waals surface area contributed by atoms with Crippen molar-refractivity contribution < 1.29 is 37.5 Å². The van der Waals surface area contributed by atoms with Crippen LogP contribution in [-0.4, -0.2) is 62.2 Å². The number of carbonyl (C=O) groups is 1. The number of benzene rings is 1. The first-order valence-electron chi connectivity index (χ1n) is 11.2. The summed E-state index contributed by atoms with van der Waals surface area (Å²) in [5.41, 5.74) is 2.40. The lowest BCUT2D eigenvalue weighted by atomic mass is 9.92. The number of nitrogens with two attached hydrogens (primary N) is 1. The summed E-state index contributed by atoms with van der Waals surface area (Å²) < 4.78 is 41.4. The Kier molecular flexibility index (Phi) is 9.50. The average molecular weight is 573 g/mol. The van der Waals surface area contributed by atoms with Gasteiger partial charge in [0.15, 0.2) is 17.9 Å². The number of nitrogens with zero attached hydrogens (tertiary/aromatic N) is 2. The molecule has 4 N–H and O–H groups in total. The standard InChI is InChI=1S/C22H26ClN4O10P/c1-13(2)34-18(29)14(3)36-38(32,37-15-7-5-4-6-8-15)33-11-16-17(28)22(24,9-10-23)19(35-16)27-12-25-20(30)26-21(27)31/h4-8,12-14,16-17,19,28H,11,24H2,1-3H3,(H,26,30,31)/t14-,16+,17?,19?,22?,38-/m0/s1. The maximum Gasteiger partial charge on any atom is 0.530 e. The fraction of sp³-hybridized carbons (Fsp3) is 0.455. The lowest BCUT2D eigenvalue weighted by Crippen LogP contribution is -2.55. The van der Waals surface area contributed by atoms with Crippen LogP contribution >= 0.6 is 19.4 Å². The number of nitrogens with one attached hydrogen (secondary N) is 1. The normalized spacial score (nSPS) is 25.2. The number of rotatable bonds is 10. The van der Waals surface area contributed by atoms with Crippen molar-refractivity contribution in [2.24, 2.45) is 5.73 Å². The Hall–Kier alpha value is -3.02. The zero-order valence-electron chi connectivity index (χ0n) is 20.5. The molecule has 3 rings (SSSR count). The van der Waals surface area contributed by atoms with Gasteiger partial charge in [-0.05, 0) is 44.5 Å². The maximum absolute atomic E-state index is 13.6. The summed E-state index contributed by atoms with van der Waals surface area (Å²) in [5.74, 6) is 1.66. The van der Waals surface area contributed by atoms with Crippen LogP contribution in [0.2, 0.25) is 0 Å². The van der Waals surface area contributed by atoms with Gasteiger partial charge in [-0.15, -0.1) is 0 Å². The van der Waals surface area contributed by atoms with Crippen LogP contribution in [-0.2, 0) is 27.9 Å². The molecule has 1 aromatic heterocycles. The molecule has 14 nitrogen and oxygen atoms in total. The third-order valence-corrected chi connectivity index (χ3v) is 6.72. The first kappa shape index (κ1) is 29.5. The minimum Gasteiger partial charge on any atom is -0.461 e. The van der Waals surface area contributed by atoms with Crippen molar-refractivity contribution in [1.82, 2.24) is 14.5 Å². The molecule has 206 valence electrons. The molecule has 0 bridgehead atoms. The van der Waals surface area contributed by atoms with Crippen LogP contribution < -0.4 is 21.6 Å². The number of phosphoric acid groups is 1. The van der Waals surface area contributed by atoms with Gasteiger partial charge in [-0.25, -0.2) is 18.9 Å². The molecule has 2 heterocycles. The Morgan fingerprint density at radius 2 is 2.03 bits per heavy atom. The Bertz CT molecular complexity index is 1360. The summed E-state index contributed by atoms with van der Waals surface area (Å²) in [4.78, 5) is 41.3. The van der Waals surface area contributed by atoms with Crippen molar-refractivity contribution >= 4 is 25.4 Å². The number of hydrogen-bond acceptors (Lipinski definition) is 12. The number of phosphoric ester groups is 1. The van der Waals surface area contributed by atoms with Crippen LogP contribution in [0, 0.1) is 11.3 Å². The maximum atomic E-state index is 13.6. The van der Waals surface area contributed by atoms with Crippen molar-refractivity contribution in [3.8, 4) is 17.0 Å². The van der Waals surface area contributed by atoms with Crippen LogP contribution in [0.1, 0.15) is 27.0 Å². The molecule has 1 fully saturated rings. The van der Waals surface area contributed by atoms with E-state index in [0.717, 1.165) is 10.9 Å². The lowest BCUT2D eigenvalue weighted by Gasteiger charge is -2.27. The van der Waals surface area contributed by atoms with E-state index in [9.17, 15) is 24.1 Å². The summed E-state index contributed by atoms with van der Waals surface area (Å²) in [6.45, 7) is 3.88. The second-order valence-corrected chi connectivity index (χ2v) is 10.1. The van der Waals surface area contributed by atoms with Gasteiger partial charge >= 0.3 is 25.2 Å². The SMILES string of the molecule is CC(C)OC(=O)[C@H](C)O[P@](=O)(OC[C@H]1OC(n2cnc(=O)[nH]c2=O)C(N)(C#CCl)C1O)Oc1ccccc1. The average Bonchev–Trinajstić information content (AvgIpc) is 3.08. The first-order valence-corrected chi connectivity index (χ1v) is 13.0. The van der Waals surface area contributed by atoms with Gasteiger partial charge < -0.3 is 24.8 Å². The number of hydrogen-bond donors (Lipinski definition) is 3. The highest BCUT2D eigenvalue weighted by Gasteiger charge is 2.55. The van der Waals surface area contributed by atoms with Crippen LogP contribution in [0.3, 0.4) is 0 Å². The summed E-state index contributed by atoms with van der Waals surface area (Å²) in [6.07, 6.45) is -5.50. The monoisotopic (exact) mass is 572 g/mol. The molecule has 1 saturated heterocycles. The van der Waals surface area contributed by atoms with Crippen molar-refractivity contribution in [3.05, 3.63) is 57.6 Å². The second kappa shape index (κ2) is 12.2. The molecule has 0 radical (unpaired) electrons. The number of halogens is 1. The van der Waals surface area contributed by atoms with Crippen molar-refractivity contribution in [2.45, 2.75) is 57.0 Å². The number of para-hydroxylation sites is 1. The predicted octanol–water partition coefficient (Wildman–Crippen LogP) is 0.648. The van der Waals surface area contributed by atoms with E-state index in [1.165, 1.54) is 19.1 Å². The van der Waals surface area contributed by atoms with E-state index in [1.54, 1.807) is 32.0 Å². The van der Waals surface area contributed by atoms with Gasteiger partial charge in [0.1, 0.15) is 24.3 Å². The molecule has 0 amide bonds. The number of aliphatic hydroxyl groups excluding tert-OH is 1. The Morgan fingerprint density at radius 1 is 1.34 bits per heavy atom. The summed E-state index contributed by atoms with van der Waals surface area (Å²) in [7, 11) is -4.56. The number of carbonyl (C=O) groups excluding carboxylic acids is 1. The summed E-state index contributed by atoms with van der Waals surface area (Å²) in [5, 5.41) is 13.0. The molecule has 1 aromatic carbocycles. The van der Waals surface area contributed by atoms with E-state index in [4.69, 9.17) is 40.4 Å². The third-order valence-electron chi connectivity index (χ3n) is 5.15. The number of esters is 1. The zero-order chi connectivity index (χ0) is 28.1. The van der Waals surface area contributed by atoms with Crippen LogP contribution in [0.4, 0.5) is 0 Å². The molecule has 16 heteroatoms.